The van der Waals surface area contributed by atoms with E-state index in [1.807, 2.05) is 24.8 Å². The molecule has 2 aromatic rings. The van der Waals surface area contributed by atoms with E-state index in [-0.39, 0.29) is 29.6 Å². The van der Waals surface area contributed by atoms with E-state index in [1.165, 1.54) is 6.07 Å². The van der Waals surface area contributed by atoms with Crippen LogP contribution in [0.3, 0.4) is 0 Å². The van der Waals surface area contributed by atoms with Crippen LogP contribution in [0.2, 0.25) is 0 Å². The standard InChI is InChI=1S/C26H33N3O4S/c1-19-15-20(2)17-22(16-19)27-34(32,33)23-7-8-24-21(18-23)11-14-29(24)26(31)10-9-25(30)28-12-5-3-4-6-13-28/h7-8,15-18,27H,3-6,9-14H2,1-2H3. The number of sulfonamides is 1. The Hall–Kier alpha value is -2.87. The van der Waals surface area contributed by atoms with Crippen molar-refractivity contribution >= 4 is 33.2 Å². The second-order valence-corrected chi connectivity index (χ2v) is 11.0. The summed E-state index contributed by atoms with van der Waals surface area (Å²) in [4.78, 5) is 29.2. The predicted molar refractivity (Wildman–Crippen MR) is 134 cm³/mol. The fourth-order valence-electron chi connectivity index (χ4n) is 4.88. The maximum Gasteiger partial charge on any atom is 0.261 e. The van der Waals surface area contributed by atoms with Crippen molar-refractivity contribution in [2.24, 2.45) is 0 Å². The van der Waals surface area contributed by atoms with Crippen molar-refractivity contribution in [2.45, 2.75) is 63.7 Å². The first-order valence-electron chi connectivity index (χ1n) is 12.1. The molecule has 182 valence electrons. The number of benzene rings is 2. The van der Waals surface area contributed by atoms with Crippen LogP contribution in [0.25, 0.3) is 0 Å². The van der Waals surface area contributed by atoms with Crippen molar-refractivity contribution < 1.29 is 18.0 Å². The molecule has 2 aliphatic rings. The van der Waals surface area contributed by atoms with E-state index in [0.717, 1.165) is 61.2 Å². The fraction of sp³-hybridized carbons (Fsp3) is 0.462. The number of fused-ring (bicyclic) bond motifs is 1. The Bertz CT molecular complexity index is 1160. The van der Waals surface area contributed by atoms with Gasteiger partial charge in [-0.15, -0.1) is 0 Å². The number of hydrogen-bond donors (Lipinski definition) is 1. The molecule has 2 aromatic carbocycles. The van der Waals surface area contributed by atoms with E-state index in [9.17, 15) is 18.0 Å². The average molecular weight is 484 g/mol. The summed E-state index contributed by atoms with van der Waals surface area (Å²) in [6.07, 6.45) is 5.36. The molecule has 0 aromatic heterocycles. The zero-order valence-electron chi connectivity index (χ0n) is 20.0. The largest absolute Gasteiger partial charge is 0.343 e. The molecule has 0 unspecified atom stereocenters. The number of anilines is 2. The number of amides is 2. The Labute approximate surface area is 202 Å². The van der Waals surface area contributed by atoms with Gasteiger partial charge < -0.3 is 9.80 Å². The zero-order valence-corrected chi connectivity index (χ0v) is 20.8. The third kappa shape index (κ3) is 5.60. The maximum atomic E-state index is 13.0. The zero-order chi connectivity index (χ0) is 24.3. The Morgan fingerprint density at radius 1 is 0.853 bits per heavy atom. The lowest BCUT2D eigenvalue weighted by Gasteiger charge is -2.21. The highest BCUT2D eigenvalue weighted by Crippen LogP contribution is 2.31. The normalized spacial score (nSPS) is 16.2. The van der Waals surface area contributed by atoms with Crippen LogP contribution >= 0.6 is 0 Å². The highest BCUT2D eigenvalue weighted by molar-refractivity contribution is 7.92. The van der Waals surface area contributed by atoms with E-state index >= 15 is 0 Å². The molecule has 0 atom stereocenters. The third-order valence-electron chi connectivity index (χ3n) is 6.54. The molecule has 1 fully saturated rings. The van der Waals surface area contributed by atoms with Crippen LogP contribution in [0.15, 0.2) is 41.3 Å². The van der Waals surface area contributed by atoms with Crippen molar-refractivity contribution in [1.82, 2.24) is 4.90 Å². The van der Waals surface area contributed by atoms with Crippen LogP contribution in [0.5, 0.6) is 0 Å². The van der Waals surface area contributed by atoms with Crippen molar-refractivity contribution in [2.75, 3.05) is 29.3 Å². The number of hydrogen-bond acceptors (Lipinski definition) is 4. The second kappa shape index (κ2) is 10.2. The smallest absolute Gasteiger partial charge is 0.261 e. The number of carbonyl (C=O) groups is 2. The van der Waals surface area contributed by atoms with E-state index in [1.54, 1.807) is 29.2 Å². The second-order valence-electron chi connectivity index (χ2n) is 9.36. The molecule has 1 saturated heterocycles. The number of aryl methyl sites for hydroxylation is 2. The molecule has 2 heterocycles. The quantitative estimate of drug-likeness (QED) is 0.668. The van der Waals surface area contributed by atoms with Gasteiger partial charge in [-0.25, -0.2) is 8.42 Å². The predicted octanol–water partition coefficient (Wildman–Crippen LogP) is 4.18. The molecule has 7 nitrogen and oxygen atoms in total. The van der Waals surface area contributed by atoms with Crippen molar-refractivity contribution in [3.8, 4) is 0 Å². The summed E-state index contributed by atoms with van der Waals surface area (Å²) >= 11 is 0. The van der Waals surface area contributed by atoms with Crippen LogP contribution in [-0.2, 0) is 26.0 Å². The molecular weight excluding hydrogens is 450 g/mol. The topological polar surface area (TPSA) is 86.8 Å². The van der Waals surface area contributed by atoms with Crippen LogP contribution in [-0.4, -0.2) is 44.8 Å². The molecule has 0 saturated carbocycles. The highest BCUT2D eigenvalue weighted by Gasteiger charge is 2.27. The van der Waals surface area contributed by atoms with E-state index in [2.05, 4.69) is 4.72 Å². The number of nitrogens with one attached hydrogen (secondary N) is 1. The average Bonchev–Trinajstić information content (AvgIpc) is 3.01. The van der Waals surface area contributed by atoms with E-state index in [0.29, 0.717) is 18.7 Å². The van der Waals surface area contributed by atoms with Gasteiger partial charge >= 0.3 is 0 Å². The van der Waals surface area contributed by atoms with Crippen LogP contribution < -0.4 is 9.62 Å². The Balaban J connectivity index is 1.41. The minimum Gasteiger partial charge on any atom is -0.343 e. The summed E-state index contributed by atoms with van der Waals surface area (Å²) in [6, 6.07) is 10.5. The van der Waals surface area contributed by atoms with Gasteiger partial charge in [-0.2, -0.15) is 0 Å². The Kier molecular flexibility index (Phi) is 7.26. The van der Waals surface area contributed by atoms with Crippen molar-refractivity contribution in [1.29, 1.82) is 0 Å². The van der Waals surface area contributed by atoms with Crippen LogP contribution in [0.4, 0.5) is 11.4 Å². The number of carbonyl (C=O) groups excluding carboxylic acids is 2. The molecule has 2 amide bonds. The molecule has 0 aliphatic carbocycles. The molecule has 8 heteroatoms. The minimum absolute atomic E-state index is 0.0496. The minimum atomic E-state index is -3.75. The Morgan fingerprint density at radius 3 is 2.18 bits per heavy atom. The van der Waals surface area contributed by atoms with Crippen molar-refractivity contribution in [3.63, 3.8) is 0 Å². The van der Waals surface area contributed by atoms with Crippen LogP contribution in [0.1, 0.15) is 55.2 Å². The van der Waals surface area contributed by atoms with Gasteiger partial charge in [0.25, 0.3) is 10.0 Å². The van der Waals surface area contributed by atoms with Crippen LogP contribution in [0, 0.1) is 13.8 Å². The molecule has 4 rings (SSSR count). The van der Waals surface area contributed by atoms with Gasteiger partial charge in [-0.05, 0) is 80.1 Å². The highest BCUT2D eigenvalue weighted by atomic mass is 32.2. The number of rotatable bonds is 6. The number of nitrogens with zero attached hydrogens (tertiary/aromatic N) is 2. The summed E-state index contributed by atoms with van der Waals surface area (Å²) in [5, 5.41) is 0. The summed E-state index contributed by atoms with van der Waals surface area (Å²) < 4.78 is 28.6. The summed E-state index contributed by atoms with van der Waals surface area (Å²) in [6.45, 7) is 5.92. The van der Waals surface area contributed by atoms with Gasteiger partial charge in [-0.1, -0.05) is 18.9 Å². The molecule has 0 spiro atoms. The monoisotopic (exact) mass is 483 g/mol. The van der Waals surface area contributed by atoms with E-state index < -0.39 is 10.0 Å². The van der Waals surface area contributed by atoms with Gasteiger partial charge in [-0.3, -0.25) is 14.3 Å². The van der Waals surface area contributed by atoms with Gasteiger partial charge in [0.2, 0.25) is 11.8 Å². The van der Waals surface area contributed by atoms with E-state index in [4.69, 9.17) is 0 Å². The third-order valence-corrected chi connectivity index (χ3v) is 7.92. The van der Waals surface area contributed by atoms with Gasteiger partial charge in [0.1, 0.15) is 0 Å². The molecular formula is C26H33N3O4S. The molecule has 34 heavy (non-hydrogen) atoms. The Morgan fingerprint density at radius 2 is 1.50 bits per heavy atom. The maximum absolute atomic E-state index is 13.0. The molecule has 0 radical (unpaired) electrons. The fourth-order valence-corrected chi connectivity index (χ4v) is 5.97. The summed E-state index contributed by atoms with van der Waals surface area (Å²) in [7, 11) is -3.75. The first-order valence-corrected chi connectivity index (χ1v) is 13.5. The van der Waals surface area contributed by atoms with Crippen molar-refractivity contribution in [3.05, 3.63) is 53.1 Å². The lowest BCUT2D eigenvalue weighted by atomic mass is 10.1. The molecule has 0 bridgehead atoms. The first kappa shape index (κ1) is 24.3. The molecule has 1 N–H and O–H groups in total. The lowest BCUT2D eigenvalue weighted by Crippen LogP contribution is -2.34. The lowest BCUT2D eigenvalue weighted by molar-refractivity contribution is -0.133. The number of likely N-dealkylation sites (tertiary alicyclic amines) is 1. The van der Waals surface area contributed by atoms with Gasteiger partial charge in [0, 0.05) is 43.9 Å². The molecule has 2 aliphatic heterocycles. The summed E-state index contributed by atoms with van der Waals surface area (Å²) in [5.74, 6) is -0.0422. The van der Waals surface area contributed by atoms with Gasteiger partial charge in [0.15, 0.2) is 0 Å². The first-order chi connectivity index (χ1) is 16.2. The summed E-state index contributed by atoms with van der Waals surface area (Å²) in [5.41, 5.74) is 4.06. The SMILES string of the molecule is Cc1cc(C)cc(NS(=O)(=O)c2ccc3c(c2)CCN3C(=O)CCC(=O)N2CCCCCC2)c1. The van der Waals surface area contributed by atoms with Gasteiger partial charge in [0.05, 0.1) is 4.90 Å².